The van der Waals surface area contributed by atoms with Crippen molar-refractivity contribution in [2.24, 2.45) is 7.05 Å². The van der Waals surface area contributed by atoms with E-state index in [2.05, 4.69) is 42.3 Å². The van der Waals surface area contributed by atoms with E-state index in [0.29, 0.717) is 10.7 Å². The summed E-state index contributed by atoms with van der Waals surface area (Å²) >= 11 is 8.07. The predicted molar refractivity (Wildman–Crippen MR) is 70.9 cm³/mol. The molecule has 0 radical (unpaired) electrons. The number of anilines is 1. The van der Waals surface area contributed by atoms with Gasteiger partial charge >= 0.3 is 0 Å². The summed E-state index contributed by atoms with van der Waals surface area (Å²) in [6.45, 7) is 0. The fourth-order valence-corrected chi connectivity index (χ4v) is 3.06. The largest absolute Gasteiger partial charge is 0.306 e. The lowest BCUT2D eigenvalue weighted by Gasteiger charge is -2.02. The molecule has 0 aliphatic heterocycles. The van der Waals surface area contributed by atoms with Crippen LogP contribution in [0.5, 0.6) is 0 Å². The number of carbonyl (C=O) groups excluding carboxylic acids is 1. The molecule has 0 saturated heterocycles. The van der Waals surface area contributed by atoms with Crippen LogP contribution in [0, 0.1) is 0 Å². The summed E-state index contributed by atoms with van der Waals surface area (Å²) in [5.41, 5.74) is 0. The fourth-order valence-electron chi connectivity index (χ4n) is 1.13. The first-order valence-electron chi connectivity index (χ1n) is 4.32. The highest BCUT2D eigenvalue weighted by Gasteiger charge is 2.13. The van der Waals surface area contributed by atoms with Gasteiger partial charge in [-0.15, -0.1) is 11.3 Å². The molecule has 0 aliphatic carbocycles. The number of amides is 1. The number of thiophene rings is 1. The van der Waals surface area contributed by atoms with Crippen molar-refractivity contribution in [2.75, 3.05) is 5.32 Å². The molecular formula is C9H7Br2N3OS. The first-order valence-corrected chi connectivity index (χ1v) is 6.72. The van der Waals surface area contributed by atoms with Crippen LogP contribution in [0.25, 0.3) is 0 Å². The van der Waals surface area contributed by atoms with Crippen LogP contribution in [-0.2, 0) is 7.05 Å². The van der Waals surface area contributed by atoms with E-state index < -0.39 is 0 Å². The van der Waals surface area contributed by atoms with Crippen molar-refractivity contribution in [1.82, 2.24) is 9.78 Å². The van der Waals surface area contributed by atoms with E-state index in [1.54, 1.807) is 30.1 Å². The fraction of sp³-hybridized carbons (Fsp3) is 0.111. The first kappa shape index (κ1) is 11.8. The van der Waals surface area contributed by atoms with Crippen LogP contribution in [0.1, 0.15) is 9.67 Å². The lowest BCUT2D eigenvalue weighted by atomic mass is 10.4. The van der Waals surface area contributed by atoms with Gasteiger partial charge in [0.2, 0.25) is 0 Å². The summed E-state index contributed by atoms with van der Waals surface area (Å²) in [6.07, 6.45) is 1.63. The molecule has 4 nitrogen and oxygen atoms in total. The van der Waals surface area contributed by atoms with Gasteiger partial charge in [-0.3, -0.25) is 9.48 Å². The van der Waals surface area contributed by atoms with Crippen molar-refractivity contribution < 1.29 is 4.79 Å². The van der Waals surface area contributed by atoms with Crippen molar-refractivity contribution in [3.05, 3.63) is 31.5 Å². The average Bonchev–Trinajstić information content (AvgIpc) is 2.76. The van der Waals surface area contributed by atoms with Crippen molar-refractivity contribution in [3.8, 4) is 0 Å². The van der Waals surface area contributed by atoms with Crippen LogP contribution in [0.2, 0.25) is 0 Å². The van der Waals surface area contributed by atoms with Crippen molar-refractivity contribution in [1.29, 1.82) is 0 Å². The quantitative estimate of drug-likeness (QED) is 0.888. The maximum Gasteiger partial charge on any atom is 0.266 e. The SMILES string of the molecule is Cn1nccc1NC(=O)c1cc(Br)c(Br)s1. The summed E-state index contributed by atoms with van der Waals surface area (Å²) in [4.78, 5) is 12.5. The molecule has 0 aliphatic rings. The lowest BCUT2D eigenvalue weighted by Crippen LogP contribution is -2.13. The number of aromatic nitrogens is 2. The highest BCUT2D eigenvalue weighted by Crippen LogP contribution is 2.32. The van der Waals surface area contributed by atoms with Gasteiger partial charge in [0.05, 0.1) is 14.9 Å². The normalized spacial score (nSPS) is 10.4. The topological polar surface area (TPSA) is 46.9 Å². The molecule has 2 aromatic rings. The second-order valence-corrected chi connectivity index (χ2v) is 6.25. The summed E-state index contributed by atoms with van der Waals surface area (Å²) in [7, 11) is 1.77. The number of carbonyl (C=O) groups is 1. The number of halogens is 2. The maximum atomic E-state index is 11.8. The monoisotopic (exact) mass is 363 g/mol. The van der Waals surface area contributed by atoms with Crippen LogP contribution < -0.4 is 5.32 Å². The molecule has 0 atom stereocenters. The second-order valence-electron chi connectivity index (χ2n) is 3.03. The van der Waals surface area contributed by atoms with E-state index in [0.717, 1.165) is 8.26 Å². The Hall–Kier alpha value is -0.660. The third-order valence-corrected chi connectivity index (χ3v) is 5.19. The van der Waals surface area contributed by atoms with Crippen molar-refractivity contribution >= 4 is 54.9 Å². The molecule has 16 heavy (non-hydrogen) atoms. The van der Waals surface area contributed by atoms with Gasteiger partial charge in [-0.1, -0.05) is 0 Å². The molecular weight excluding hydrogens is 358 g/mol. The Morgan fingerprint density at radius 2 is 2.31 bits per heavy atom. The first-order chi connectivity index (χ1) is 7.58. The van der Waals surface area contributed by atoms with Crippen molar-refractivity contribution in [2.45, 2.75) is 0 Å². The van der Waals surface area contributed by atoms with Gasteiger partial charge in [0.15, 0.2) is 0 Å². The summed E-state index contributed by atoms with van der Waals surface area (Å²) in [6, 6.07) is 3.52. The van der Waals surface area contributed by atoms with Gasteiger partial charge in [-0.05, 0) is 37.9 Å². The second kappa shape index (κ2) is 4.68. The standard InChI is InChI=1S/C9H7Br2N3OS/c1-14-7(2-3-12-14)13-9(15)6-4-5(10)8(11)16-6/h2-4H,1H3,(H,13,15). The van der Waals surface area contributed by atoms with E-state index in [9.17, 15) is 4.79 Å². The molecule has 2 aromatic heterocycles. The molecule has 84 valence electrons. The van der Waals surface area contributed by atoms with E-state index in [1.807, 2.05) is 0 Å². The molecule has 0 bridgehead atoms. The number of aryl methyl sites for hydroxylation is 1. The zero-order valence-electron chi connectivity index (χ0n) is 8.20. The Kier molecular flexibility index (Phi) is 3.46. The lowest BCUT2D eigenvalue weighted by molar-refractivity contribution is 0.102. The molecule has 7 heteroatoms. The van der Waals surface area contributed by atoms with Crippen LogP contribution >= 0.6 is 43.2 Å². The minimum Gasteiger partial charge on any atom is -0.306 e. The minimum atomic E-state index is -0.139. The molecule has 1 amide bonds. The number of rotatable bonds is 2. The third-order valence-electron chi connectivity index (χ3n) is 1.93. The van der Waals surface area contributed by atoms with E-state index >= 15 is 0 Å². The van der Waals surface area contributed by atoms with E-state index in [1.165, 1.54) is 11.3 Å². The Morgan fingerprint density at radius 3 is 2.81 bits per heavy atom. The molecule has 0 saturated carbocycles. The highest BCUT2D eigenvalue weighted by atomic mass is 79.9. The molecule has 0 fully saturated rings. The number of hydrogen-bond donors (Lipinski definition) is 1. The van der Waals surface area contributed by atoms with Gasteiger partial charge < -0.3 is 5.32 Å². The maximum absolute atomic E-state index is 11.8. The number of nitrogens with zero attached hydrogens (tertiary/aromatic N) is 2. The molecule has 0 unspecified atom stereocenters. The van der Waals surface area contributed by atoms with Gasteiger partial charge in [0.25, 0.3) is 5.91 Å². The molecule has 2 rings (SSSR count). The van der Waals surface area contributed by atoms with E-state index in [4.69, 9.17) is 0 Å². The highest BCUT2D eigenvalue weighted by molar-refractivity contribution is 9.13. The van der Waals surface area contributed by atoms with Crippen LogP contribution in [0.15, 0.2) is 26.6 Å². The minimum absolute atomic E-state index is 0.139. The Bertz CT molecular complexity index is 515. The average molecular weight is 365 g/mol. The number of hydrogen-bond acceptors (Lipinski definition) is 3. The molecule has 1 N–H and O–H groups in total. The van der Waals surface area contributed by atoms with E-state index in [-0.39, 0.29) is 5.91 Å². The van der Waals surface area contributed by atoms with Crippen LogP contribution in [0.4, 0.5) is 5.82 Å². The molecule has 0 spiro atoms. The predicted octanol–water partition coefficient (Wildman–Crippen LogP) is 3.26. The van der Waals surface area contributed by atoms with Gasteiger partial charge in [0.1, 0.15) is 5.82 Å². The molecule has 2 heterocycles. The Balaban J connectivity index is 2.18. The summed E-state index contributed by atoms with van der Waals surface area (Å²) in [5, 5.41) is 6.75. The smallest absolute Gasteiger partial charge is 0.266 e. The van der Waals surface area contributed by atoms with Gasteiger partial charge in [-0.25, -0.2) is 0 Å². The van der Waals surface area contributed by atoms with Crippen molar-refractivity contribution in [3.63, 3.8) is 0 Å². The third kappa shape index (κ3) is 2.36. The molecule has 0 aromatic carbocycles. The Morgan fingerprint density at radius 1 is 1.56 bits per heavy atom. The van der Waals surface area contributed by atoms with Gasteiger partial charge in [-0.2, -0.15) is 5.10 Å². The Labute approximate surface area is 113 Å². The summed E-state index contributed by atoms with van der Waals surface area (Å²) in [5.74, 6) is 0.533. The zero-order valence-corrected chi connectivity index (χ0v) is 12.2. The van der Waals surface area contributed by atoms with Crippen LogP contribution in [-0.4, -0.2) is 15.7 Å². The zero-order chi connectivity index (χ0) is 11.7. The van der Waals surface area contributed by atoms with Crippen LogP contribution in [0.3, 0.4) is 0 Å². The van der Waals surface area contributed by atoms with Gasteiger partial charge in [0, 0.05) is 17.6 Å². The number of nitrogens with one attached hydrogen (secondary N) is 1. The summed E-state index contributed by atoms with van der Waals surface area (Å²) < 4.78 is 3.39.